The van der Waals surface area contributed by atoms with Crippen LogP contribution in [0.3, 0.4) is 0 Å². The summed E-state index contributed by atoms with van der Waals surface area (Å²) in [6.07, 6.45) is 0.642. The molecule has 3 nitrogen and oxygen atoms in total. The van der Waals surface area contributed by atoms with Crippen molar-refractivity contribution < 1.29 is 14.2 Å². The summed E-state index contributed by atoms with van der Waals surface area (Å²) in [6.45, 7) is 3.72. The van der Waals surface area contributed by atoms with Crippen LogP contribution in [0.5, 0.6) is 11.5 Å². The number of hydrogen-bond acceptors (Lipinski definition) is 3. The molecule has 2 aromatic rings. The maximum Gasteiger partial charge on any atom is 0.161 e. The molecule has 0 aliphatic heterocycles. The van der Waals surface area contributed by atoms with Crippen LogP contribution in [-0.4, -0.2) is 18.3 Å². The molecule has 2 N–H and O–H groups in total. The third-order valence-corrected chi connectivity index (χ3v) is 3.18. The van der Waals surface area contributed by atoms with Crippen LogP contribution in [-0.2, 0) is 13.0 Å². The van der Waals surface area contributed by atoms with Gasteiger partial charge in [-0.1, -0.05) is 24.3 Å². The summed E-state index contributed by atoms with van der Waals surface area (Å²) >= 11 is 0. The zero-order valence-electron chi connectivity index (χ0n) is 12.1. The molecule has 0 aliphatic carbocycles. The Morgan fingerprint density at radius 2 is 2.00 bits per heavy atom. The van der Waals surface area contributed by atoms with Gasteiger partial charge in [-0.3, -0.25) is 0 Å². The van der Waals surface area contributed by atoms with Gasteiger partial charge >= 0.3 is 0 Å². The maximum atomic E-state index is 13.4. The summed E-state index contributed by atoms with van der Waals surface area (Å²) in [5.41, 5.74) is 1.73. The van der Waals surface area contributed by atoms with Gasteiger partial charge in [0.05, 0.1) is 6.61 Å². The van der Waals surface area contributed by atoms with Crippen LogP contribution in [0.15, 0.2) is 42.5 Å². The summed E-state index contributed by atoms with van der Waals surface area (Å²) in [7, 11) is 0. The quantitative estimate of drug-likeness (QED) is 0.769. The van der Waals surface area contributed by atoms with Crippen molar-refractivity contribution in [2.24, 2.45) is 0 Å². The molecule has 0 aromatic heterocycles. The van der Waals surface area contributed by atoms with E-state index in [0.29, 0.717) is 37.4 Å². The molecule has 0 amide bonds. The standard InChI is InChI=1S/C17H20FNO2/c1-2-21-17-11-13(7-8-16(17)20)12-19-10-9-14-5-3-4-6-15(14)18/h3-8,11,19-20H,2,9-10,12H2,1H3. The van der Waals surface area contributed by atoms with Crippen molar-refractivity contribution in [3.63, 3.8) is 0 Å². The minimum atomic E-state index is -0.164. The van der Waals surface area contributed by atoms with Crippen molar-refractivity contribution in [3.8, 4) is 11.5 Å². The number of benzene rings is 2. The van der Waals surface area contributed by atoms with Gasteiger partial charge in [-0.25, -0.2) is 4.39 Å². The van der Waals surface area contributed by atoms with Crippen LogP contribution in [0.1, 0.15) is 18.1 Å². The Hall–Kier alpha value is -2.07. The number of phenolic OH excluding ortho intramolecular Hbond substituents is 1. The number of nitrogens with one attached hydrogen (secondary N) is 1. The molecule has 0 bridgehead atoms. The van der Waals surface area contributed by atoms with E-state index in [1.165, 1.54) is 6.07 Å². The van der Waals surface area contributed by atoms with E-state index < -0.39 is 0 Å². The van der Waals surface area contributed by atoms with Crippen LogP contribution in [0.4, 0.5) is 4.39 Å². The number of rotatable bonds is 7. The van der Waals surface area contributed by atoms with Crippen molar-refractivity contribution in [2.75, 3.05) is 13.2 Å². The SMILES string of the molecule is CCOc1cc(CNCCc2ccccc2F)ccc1O. The summed E-state index contributed by atoms with van der Waals surface area (Å²) in [5.74, 6) is 0.473. The average Bonchev–Trinajstić information content (AvgIpc) is 2.49. The number of phenols is 1. The monoisotopic (exact) mass is 289 g/mol. The predicted molar refractivity (Wildman–Crippen MR) is 81.1 cm³/mol. The molecule has 0 radical (unpaired) electrons. The van der Waals surface area contributed by atoms with Crippen molar-refractivity contribution in [1.82, 2.24) is 5.32 Å². The van der Waals surface area contributed by atoms with Crippen molar-refractivity contribution in [1.29, 1.82) is 0 Å². The zero-order chi connectivity index (χ0) is 15.1. The Labute approximate surface area is 124 Å². The number of ether oxygens (including phenoxy) is 1. The second-order valence-electron chi connectivity index (χ2n) is 4.75. The highest BCUT2D eigenvalue weighted by Crippen LogP contribution is 2.26. The fraction of sp³-hybridized carbons (Fsp3) is 0.294. The normalized spacial score (nSPS) is 10.6. The molecule has 21 heavy (non-hydrogen) atoms. The molecule has 0 spiro atoms. The smallest absolute Gasteiger partial charge is 0.161 e. The molecule has 2 rings (SSSR count). The molecule has 0 heterocycles. The van der Waals surface area contributed by atoms with Crippen molar-refractivity contribution in [2.45, 2.75) is 19.9 Å². The summed E-state index contributed by atoms with van der Waals surface area (Å²) in [5, 5.41) is 12.9. The summed E-state index contributed by atoms with van der Waals surface area (Å²) < 4.78 is 18.8. The van der Waals surface area contributed by atoms with Gasteiger partial charge in [-0.2, -0.15) is 0 Å². The van der Waals surface area contributed by atoms with E-state index in [0.717, 1.165) is 5.56 Å². The Morgan fingerprint density at radius 3 is 2.76 bits per heavy atom. The van der Waals surface area contributed by atoms with E-state index in [1.54, 1.807) is 18.2 Å². The molecule has 2 aromatic carbocycles. The lowest BCUT2D eigenvalue weighted by molar-refractivity contribution is 0.317. The Balaban J connectivity index is 1.83. The van der Waals surface area contributed by atoms with E-state index in [-0.39, 0.29) is 11.6 Å². The van der Waals surface area contributed by atoms with Gasteiger partial charge in [0.2, 0.25) is 0 Å². The van der Waals surface area contributed by atoms with Gasteiger partial charge in [0.15, 0.2) is 11.5 Å². The fourth-order valence-electron chi connectivity index (χ4n) is 2.10. The average molecular weight is 289 g/mol. The van der Waals surface area contributed by atoms with Gasteiger partial charge < -0.3 is 15.2 Å². The van der Waals surface area contributed by atoms with Gasteiger partial charge in [-0.15, -0.1) is 0 Å². The van der Waals surface area contributed by atoms with E-state index in [9.17, 15) is 9.50 Å². The first kappa shape index (κ1) is 15.3. The summed E-state index contributed by atoms with van der Waals surface area (Å²) in [6, 6.07) is 12.1. The first-order valence-corrected chi connectivity index (χ1v) is 7.09. The Kier molecular flexibility index (Phi) is 5.58. The number of aromatic hydroxyl groups is 1. The molecule has 0 atom stereocenters. The molecular formula is C17H20FNO2. The second-order valence-corrected chi connectivity index (χ2v) is 4.75. The van der Waals surface area contributed by atoms with E-state index in [2.05, 4.69) is 5.32 Å². The van der Waals surface area contributed by atoms with E-state index in [1.807, 2.05) is 25.1 Å². The molecule has 0 unspecified atom stereocenters. The predicted octanol–water partition coefficient (Wildman–Crippen LogP) is 3.26. The molecule has 4 heteroatoms. The van der Waals surface area contributed by atoms with Gasteiger partial charge in [0, 0.05) is 6.54 Å². The minimum Gasteiger partial charge on any atom is -0.504 e. The first-order valence-electron chi connectivity index (χ1n) is 7.09. The number of halogens is 1. The highest BCUT2D eigenvalue weighted by atomic mass is 19.1. The van der Waals surface area contributed by atoms with Gasteiger partial charge in [0.25, 0.3) is 0 Å². The van der Waals surface area contributed by atoms with Crippen LogP contribution in [0.2, 0.25) is 0 Å². The van der Waals surface area contributed by atoms with Crippen LogP contribution in [0, 0.1) is 5.82 Å². The van der Waals surface area contributed by atoms with Crippen molar-refractivity contribution >= 4 is 0 Å². The Morgan fingerprint density at radius 1 is 1.19 bits per heavy atom. The summed E-state index contributed by atoms with van der Waals surface area (Å²) in [4.78, 5) is 0. The second kappa shape index (κ2) is 7.64. The lowest BCUT2D eigenvalue weighted by Crippen LogP contribution is -2.17. The van der Waals surface area contributed by atoms with Crippen LogP contribution in [0.25, 0.3) is 0 Å². The molecule has 0 saturated heterocycles. The van der Waals surface area contributed by atoms with Crippen molar-refractivity contribution in [3.05, 3.63) is 59.4 Å². The first-order chi connectivity index (χ1) is 10.2. The largest absolute Gasteiger partial charge is 0.504 e. The minimum absolute atomic E-state index is 0.145. The van der Waals surface area contributed by atoms with Crippen LogP contribution < -0.4 is 10.1 Å². The highest BCUT2D eigenvalue weighted by molar-refractivity contribution is 5.41. The fourth-order valence-corrected chi connectivity index (χ4v) is 2.10. The topological polar surface area (TPSA) is 41.5 Å². The van der Waals surface area contributed by atoms with E-state index >= 15 is 0 Å². The molecule has 0 fully saturated rings. The molecular weight excluding hydrogens is 269 g/mol. The third kappa shape index (κ3) is 4.46. The third-order valence-electron chi connectivity index (χ3n) is 3.18. The molecule has 0 saturated carbocycles. The van der Waals surface area contributed by atoms with Gasteiger partial charge in [0.1, 0.15) is 5.82 Å². The molecule has 0 aliphatic rings. The van der Waals surface area contributed by atoms with Gasteiger partial charge in [-0.05, 0) is 49.2 Å². The van der Waals surface area contributed by atoms with Crippen LogP contribution >= 0.6 is 0 Å². The zero-order valence-corrected chi connectivity index (χ0v) is 12.1. The highest BCUT2D eigenvalue weighted by Gasteiger charge is 2.04. The lowest BCUT2D eigenvalue weighted by Gasteiger charge is -2.09. The maximum absolute atomic E-state index is 13.4. The lowest BCUT2D eigenvalue weighted by atomic mass is 10.1. The Bertz CT molecular complexity index is 587. The number of hydrogen-bond donors (Lipinski definition) is 2. The molecule has 112 valence electrons. The van der Waals surface area contributed by atoms with E-state index in [4.69, 9.17) is 4.74 Å².